The second-order valence-electron chi connectivity index (χ2n) is 6.75. The van der Waals surface area contributed by atoms with E-state index in [0.717, 1.165) is 25.1 Å². The summed E-state index contributed by atoms with van der Waals surface area (Å²) in [5, 5.41) is 0. The van der Waals surface area contributed by atoms with E-state index in [0.29, 0.717) is 5.92 Å². The summed E-state index contributed by atoms with van der Waals surface area (Å²) >= 11 is 0. The second-order valence-corrected chi connectivity index (χ2v) is 6.75. The molecule has 0 spiro atoms. The molecule has 1 heteroatoms. The molecule has 1 nitrogen and oxygen atoms in total. The molecule has 24 heavy (non-hydrogen) atoms. The summed E-state index contributed by atoms with van der Waals surface area (Å²) in [4.78, 5) is 2.33. The number of benzene rings is 2. The molecule has 0 amide bonds. The van der Waals surface area contributed by atoms with Crippen LogP contribution in [0.4, 0.5) is 5.69 Å². The number of aryl methyl sites for hydroxylation is 1. The van der Waals surface area contributed by atoms with E-state index in [1.165, 1.54) is 39.9 Å². The lowest BCUT2D eigenvalue weighted by Gasteiger charge is -2.21. The van der Waals surface area contributed by atoms with Crippen molar-refractivity contribution in [3.63, 3.8) is 0 Å². The van der Waals surface area contributed by atoms with Gasteiger partial charge in [0.15, 0.2) is 0 Å². The highest BCUT2D eigenvalue weighted by Gasteiger charge is 2.28. The SMILES string of the molecule is C=C=C1c2ccccc2CN1c1ccc2c(c1)CCC2C(=C)CC. The Morgan fingerprint density at radius 3 is 2.83 bits per heavy atom. The van der Waals surface area contributed by atoms with Crippen LogP contribution in [-0.4, -0.2) is 0 Å². The minimum atomic E-state index is 0.546. The van der Waals surface area contributed by atoms with Gasteiger partial charge in [0.2, 0.25) is 0 Å². The van der Waals surface area contributed by atoms with Gasteiger partial charge in [-0.2, -0.15) is 0 Å². The fourth-order valence-corrected chi connectivity index (χ4v) is 4.14. The van der Waals surface area contributed by atoms with Crippen molar-refractivity contribution in [2.75, 3.05) is 4.90 Å². The molecule has 0 N–H and O–H groups in total. The number of anilines is 1. The Kier molecular flexibility index (Phi) is 3.67. The molecular formula is C23H23N. The third-order valence-corrected chi connectivity index (χ3v) is 5.50. The summed E-state index contributed by atoms with van der Waals surface area (Å²) in [7, 11) is 0. The highest BCUT2D eigenvalue weighted by molar-refractivity contribution is 5.84. The first-order chi connectivity index (χ1) is 11.7. The van der Waals surface area contributed by atoms with E-state index in [9.17, 15) is 0 Å². The number of nitrogens with zero attached hydrogens (tertiary/aromatic N) is 1. The maximum absolute atomic E-state index is 4.27. The molecule has 120 valence electrons. The van der Waals surface area contributed by atoms with E-state index >= 15 is 0 Å². The number of allylic oxidation sites excluding steroid dienone is 1. The number of rotatable bonds is 3. The van der Waals surface area contributed by atoms with Gasteiger partial charge in [0, 0.05) is 23.7 Å². The van der Waals surface area contributed by atoms with Gasteiger partial charge in [-0.15, -0.1) is 5.73 Å². The Labute approximate surface area is 144 Å². The monoisotopic (exact) mass is 313 g/mol. The first kappa shape index (κ1) is 15.1. The quantitative estimate of drug-likeness (QED) is 0.509. The van der Waals surface area contributed by atoms with Crippen molar-refractivity contribution < 1.29 is 0 Å². The van der Waals surface area contributed by atoms with Crippen LogP contribution < -0.4 is 4.90 Å². The lowest BCUT2D eigenvalue weighted by atomic mass is 9.92. The van der Waals surface area contributed by atoms with Gasteiger partial charge in [-0.3, -0.25) is 0 Å². The van der Waals surface area contributed by atoms with E-state index in [1.54, 1.807) is 0 Å². The number of fused-ring (bicyclic) bond motifs is 2. The van der Waals surface area contributed by atoms with E-state index in [2.05, 4.69) is 73.2 Å². The molecule has 0 bridgehead atoms. The Hall–Kier alpha value is -2.50. The zero-order chi connectivity index (χ0) is 16.7. The maximum atomic E-state index is 4.27. The first-order valence-electron chi connectivity index (χ1n) is 8.79. The fraction of sp³-hybridized carbons (Fsp3) is 0.261. The van der Waals surface area contributed by atoms with Crippen LogP contribution in [0.1, 0.15) is 47.9 Å². The van der Waals surface area contributed by atoms with Gasteiger partial charge in [0.1, 0.15) is 0 Å². The topological polar surface area (TPSA) is 3.24 Å². The van der Waals surface area contributed by atoms with Crippen molar-refractivity contribution in [2.45, 2.75) is 38.6 Å². The largest absolute Gasteiger partial charge is 0.330 e. The van der Waals surface area contributed by atoms with Crippen molar-refractivity contribution in [1.29, 1.82) is 0 Å². The summed E-state index contributed by atoms with van der Waals surface area (Å²) < 4.78 is 0. The average Bonchev–Trinajstić information content (AvgIpc) is 3.21. The van der Waals surface area contributed by atoms with Crippen molar-refractivity contribution in [3.05, 3.63) is 89.2 Å². The molecule has 2 aromatic rings. The predicted octanol–water partition coefficient (Wildman–Crippen LogP) is 5.83. The molecule has 1 atom stereocenters. The van der Waals surface area contributed by atoms with Crippen LogP contribution >= 0.6 is 0 Å². The molecule has 0 fully saturated rings. The maximum Gasteiger partial charge on any atom is 0.0918 e. The third-order valence-electron chi connectivity index (χ3n) is 5.50. The third kappa shape index (κ3) is 2.25. The van der Waals surface area contributed by atoms with Crippen LogP contribution in [0.15, 0.2) is 66.9 Å². The van der Waals surface area contributed by atoms with Crippen molar-refractivity contribution >= 4 is 11.4 Å². The lowest BCUT2D eigenvalue weighted by Crippen LogP contribution is -2.13. The van der Waals surface area contributed by atoms with E-state index in [1.807, 2.05) is 0 Å². The van der Waals surface area contributed by atoms with Gasteiger partial charge in [0.25, 0.3) is 0 Å². The van der Waals surface area contributed by atoms with Crippen molar-refractivity contribution in [1.82, 2.24) is 0 Å². The summed E-state index contributed by atoms with van der Waals surface area (Å²) in [5.41, 5.74) is 12.4. The summed E-state index contributed by atoms with van der Waals surface area (Å²) in [6, 6.07) is 15.5. The summed E-state index contributed by atoms with van der Waals surface area (Å²) in [5.74, 6) is 0.546. The van der Waals surface area contributed by atoms with Crippen molar-refractivity contribution in [3.8, 4) is 0 Å². The van der Waals surface area contributed by atoms with E-state index in [4.69, 9.17) is 0 Å². The molecule has 1 aliphatic heterocycles. The van der Waals surface area contributed by atoms with Crippen LogP contribution in [0.25, 0.3) is 5.70 Å². The minimum Gasteiger partial charge on any atom is -0.330 e. The van der Waals surface area contributed by atoms with Gasteiger partial charge in [-0.05, 0) is 48.1 Å². The molecule has 2 aliphatic rings. The van der Waals surface area contributed by atoms with E-state index in [-0.39, 0.29) is 0 Å². The molecular weight excluding hydrogens is 290 g/mol. The van der Waals surface area contributed by atoms with Gasteiger partial charge in [-0.1, -0.05) is 56.0 Å². The van der Waals surface area contributed by atoms with Gasteiger partial charge in [0.05, 0.1) is 5.70 Å². The van der Waals surface area contributed by atoms with Gasteiger partial charge >= 0.3 is 0 Å². The standard InChI is InChI=1S/C23H23N/c1-4-16(3)20-12-10-17-14-19(11-13-21(17)20)24-15-18-8-6-7-9-22(18)23(24)5-2/h6-9,11,13-14,20H,2-4,10,12,15H2,1H3. The fourth-order valence-electron chi connectivity index (χ4n) is 4.14. The van der Waals surface area contributed by atoms with Gasteiger partial charge in [-0.25, -0.2) is 0 Å². The van der Waals surface area contributed by atoms with Gasteiger partial charge < -0.3 is 4.90 Å². The Bertz CT molecular complexity index is 867. The first-order valence-corrected chi connectivity index (χ1v) is 8.79. The van der Waals surface area contributed by atoms with Crippen LogP contribution in [0.5, 0.6) is 0 Å². The molecule has 1 unspecified atom stereocenters. The van der Waals surface area contributed by atoms with Crippen molar-refractivity contribution in [2.24, 2.45) is 0 Å². The molecule has 1 heterocycles. The predicted molar refractivity (Wildman–Crippen MR) is 102 cm³/mol. The van der Waals surface area contributed by atoms with Crippen LogP contribution in [0.3, 0.4) is 0 Å². The molecule has 0 saturated heterocycles. The minimum absolute atomic E-state index is 0.546. The van der Waals surface area contributed by atoms with Crippen LogP contribution in [0.2, 0.25) is 0 Å². The Balaban J connectivity index is 1.70. The number of hydrogen-bond donors (Lipinski definition) is 0. The second kappa shape index (κ2) is 5.85. The highest BCUT2D eigenvalue weighted by atomic mass is 15.2. The average molecular weight is 313 g/mol. The summed E-state index contributed by atoms with van der Waals surface area (Å²) in [6.45, 7) is 11.3. The molecule has 0 saturated carbocycles. The smallest absolute Gasteiger partial charge is 0.0918 e. The van der Waals surface area contributed by atoms with Crippen LogP contribution in [-0.2, 0) is 13.0 Å². The zero-order valence-electron chi connectivity index (χ0n) is 14.3. The van der Waals surface area contributed by atoms with Crippen LogP contribution in [0, 0.1) is 0 Å². The Morgan fingerprint density at radius 1 is 1.21 bits per heavy atom. The zero-order valence-corrected chi connectivity index (χ0v) is 14.3. The highest BCUT2D eigenvalue weighted by Crippen LogP contribution is 2.42. The number of hydrogen-bond acceptors (Lipinski definition) is 1. The lowest BCUT2D eigenvalue weighted by molar-refractivity contribution is 0.746. The normalized spacial score (nSPS) is 18.3. The molecule has 0 radical (unpaired) electrons. The summed E-state index contributed by atoms with van der Waals surface area (Å²) in [6.07, 6.45) is 3.42. The Morgan fingerprint density at radius 2 is 2.04 bits per heavy atom. The van der Waals surface area contributed by atoms with E-state index < -0.39 is 0 Å². The molecule has 4 rings (SSSR count). The molecule has 1 aliphatic carbocycles. The molecule has 2 aromatic carbocycles. The molecule has 0 aromatic heterocycles.